The van der Waals surface area contributed by atoms with Crippen molar-refractivity contribution in [2.75, 3.05) is 37.5 Å². The van der Waals surface area contributed by atoms with Gasteiger partial charge >= 0.3 is 0 Å². The molecule has 0 saturated carbocycles. The molecule has 94 valence electrons. The normalized spacial score (nSPS) is 19.4. The highest BCUT2D eigenvalue weighted by Crippen LogP contribution is 2.24. The lowest BCUT2D eigenvalue weighted by Gasteiger charge is -2.22. The standard InChI is InChI=1S/C11H17ClN4O/c1-13-11-14-6-9(12)10(15-11)16(2)7-8-4-3-5-17-8/h6,8H,3-5,7H2,1-2H3,(H,13,14,15). The Labute approximate surface area is 106 Å². The molecule has 2 heterocycles. The van der Waals surface area contributed by atoms with Gasteiger partial charge in [-0.1, -0.05) is 11.6 Å². The second kappa shape index (κ2) is 5.51. The van der Waals surface area contributed by atoms with Gasteiger partial charge < -0.3 is 15.0 Å². The molecule has 6 heteroatoms. The van der Waals surface area contributed by atoms with Crippen LogP contribution in [0, 0.1) is 0 Å². The monoisotopic (exact) mass is 256 g/mol. The van der Waals surface area contributed by atoms with Crippen molar-refractivity contribution >= 4 is 23.4 Å². The lowest BCUT2D eigenvalue weighted by Crippen LogP contribution is -2.29. The molecule has 1 aliphatic rings. The minimum absolute atomic E-state index is 0.282. The van der Waals surface area contributed by atoms with Gasteiger partial charge in [0.1, 0.15) is 5.02 Å². The maximum absolute atomic E-state index is 6.10. The maximum atomic E-state index is 6.10. The van der Waals surface area contributed by atoms with Crippen LogP contribution in [0.3, 0.4) is 0 Å². The molecule has 5 nitrogen and oxygen atoms in total. The zero-order chi connectivity index (χ0) is 12.3. The van der Waals surface area contributed by atoms with E-state index in [1.807, 2.05) is 11.9 Å². The Morgan fingerprint density at radius 1 is 1.65 bits per heavy atom. The lowest BCUT2D eigenvalue weighted by atomic mass is 10.2. The predicted octanol–water partition coefficient (Wildman–Crippen LogP) is 1.79. The van der Waals surface area contributed by atoms with Crippen molar-refractivity contribution in [3.8, 4) is 0 Å². The summed E-state index contributed by atoms with van der Waals surface area (Å²) in [5.41, 5.74) is 0. The van der Waals surface area contributed by atoms with Gasteiger partial charge in [-0.25, -0.2) is 4.98 Å². The zero-order valence-corrected chi connectivity index (χ0v) is 10.9. The molecular weight excluding hydrogens is 240 g/mol. The number of halogens is 1. The molecule has 1 aromatic heterocycles. The third kappa shape index (κ3) is 2.98. The molecule has 0 amide bonds. The summed E-state index contributed by atoms with van der Waals surface area (Å²) < 4.78 is 5.60. The number of hydrogen-bond acceptors (Lipinski definition) is 5. The van der Waals surface area contributed by atoms with Gasteiger partial charge in [0.15, 0.2) is 5.82 Å². The fourth-order valence-electron chi connectivity index (χ4n) is 1.93. The molecule has 1 fully saturated rings. The number of nitrogens with one attached hydrogen (secondary N) is 1. The van der Waals surface area contributed by atoms with Gasteiger partial charge in [0.2, 0.25) is 5.95 Å². The van der Waals surface area contributed by atoms with Gasteiger partial charge in [-0.15, -0.1) is 0 Å². The molecule has 1 atom stereocenters. The van der Waals surface area contributed by atoms with Gasteiger partial charge in [0.25, 0.3) is 0 Å². The van der Waals surface area contributed by atoms with Crippen LogP contribution in [-0.4, -0.2) is 43.3 Å². The van der Waals surface area contributed by atoms with E-state index in [0.717, 1.165) is 31.8 Å². The number of aromatic nitrogens is 2. The summed E-state index contributed by atoms with van der Waals surface area (Å²) in [4.78, 5) is 10.4. The highest BCUT2D eigenvalue weighted by molar-refractivity contribution is 6.32. The summed E-state index contributed by atoms with van der Waals surface area (Å²) in [6.07, 6.45) is 4.13. The van der Waals surface area contributed by atoms with Gasteiger partial charge in [-0.3, -0.25) is 0 Å². The topological polar surface area (TPSA) is 50.3 Å². The second-order valence-corrected chi connectivity index (χ2v) is 4.54. The van der Waals surface area contributed by atoms with Crippen molar-refractivity contribution in [2.45, 2.75) is 18.9 Å². The third-order valence-corrected chi connectivity index (χ3v) is 3.08. The number of nitrogens with zero attached hydrogens (tertiary/aromatic N) is 3. The van der Waals surface area contributed by atoms with Gasteiger partial charge in [0, 0.05) is 27.2 Å². The van der Waals surface area contributed by atoms with E-state index in [2.05, 4.69) is 15.3 Å². The number of ether oxygens (including phenoxy) is 1. The fraction of sp³-hybridized carbons (Fsp3) is 0.636. The summed E-state index contributed by atoms with van der Waals surface area (Å²) in [5.74, 6) is 1.31. The Kier molecular flexibility index (Phi) is 4.02. The Morgan fingerprint density at radius 3 is 3.12 bits per heavy atom. The van der Waals surface area contributed by atoms with E-state index in [1.54, 1.807) is 13.2 Å². The minimum Gasteiger partial charge on any atom is -0.376 e. The molecule has 0 spiro atoms. The van der Waals surface area contributed by atoms with Crippen molar-refractivity contribution in [1.29, 1.82) is 0 Å². The average Bonchev–Trinajstić information content (AvgIpc) is 2.82. The number of hydrogen-bond donors (Lipinski definition) is 1. The van der Waals surface area contributed by atoms with Gasteiger partial charge in [0.05, 0.1) is 12.3 Å². The van der Waals surface area contributed by atoms with E-state index in [0.29, 0.717) is 11.0 Å². The molecule has 0 aromatic carbocycles. The largest absolute Gasteiger partial charge is 0.376 e. The number of anilines is 2. The van der Waals surface area contributed by atoms with Crippen LogP contribution in [-0.2, 0) is 4.74 Å². The fourth-order valence-corrected chi connectivity index (χ4v) is 2.16. The van der Waals surface area contributed by atoms with Crippen molar-refractivity contribution in [3.05, 3.63) is 11.2 Å². The van der Waals surface area contributed by atoms with Crippen LogP contribution < -0.4 is 10.2 Å². The number of likely N-dealkylation sites (N-methyl/N-ethyl adjacent to an activating group) is 1. The molecule has 2 rings (SSSR count). The van der Waals surface area contributed by atoms with Crippen LogP contribution in [0.2, 0.25) is 5.02 Å². The Balaban J connectivity index is 2.08. The van der Waals surface area contributed by atoms with E-state index in [1.165, 1.54) is 0 Å². The van der Waals surface area contributed by atoms with Crippen LogP contribution in [0.1, 0.15) is 12.8 Å². The lowest BCUT2D eigenvalue weighted by molar-refractivity contribution is 0.116. The van der Waals surface area contributed by atoms with Crippen molar-refractivity contribution in [2.24, 2.45) is 0 Å². The first-order valence-corrected chi connectivity index (χ1v) is 6.11. The quantitative estimate of drug-likeness (QED) is 0.890. The van der Waals surface area contributed by atoms with E-state index in [9.17, 15) is 0 Å². The summed E-state index contributed by atoms with van der Waals surface area (Å²) in [6, 6.07) is 0. The first kappa shape index (κ1) is 12.4. The summed E-state index contributed by atoms with van der Waals surface area (Å²) in [5, 5.41) is 3.46. The molecular formula is C11H17ClN4O. The van der Waals surface area contributed by atoms with Crippen LogP contribution in [0.25, 0.3) is 0 Å². The second-order valence-electron chi connectivity index (χ2n) is 4.13. The third-order valence-electron chi connectivity index (χ3n) is 2.81. The molecule has 1 unspecified atom stereocenters. The van der Waals surface area contributed by atoms with E-state index < -0.39 is 0 Å². The Morgan fingerprint density at radius 2 is 2.47 bits per heavy atom. The van der Waals surface area contributed by atoms with Crippen LogP contribution in [0.15, 0.2) is 6.20 Å². The molecule has 0 radical (unpaired) electrons. The summed E-state index contributed by atoms with van der Waals surface area (Å²) >= 11 is 6.10. The molecule has 0 bridgehead atoms. The van der Waals surface area contributed by atoms with Crippen molar-refractivity contribution in [3.63, 3.8) is 0 Å². The van der Waals surface area contributed by atoms with Crippen molar-refractivity contribution < 1.29 is 4.74 Å². The molecule has 1 aromatic rings. The van der Waals surface area contributed by atoms with Crippen LogP contribution in [0.5, 0.6) is 0 Å². The van der Waals surface area contributed by atoms with Crippen LogP contribution >= 0.6 is 11.6 Å². The highest BCUT2D eigenvalue weighted by atomic mass is 35.5. The average molecular weight is 257 g/mol. The number of rotatable bonds is 4. The Bertz CT molecular complexity index is 382. The summed E-state index contributed by atoms with van der Waals surface area (Å²) in [6.45, 7) is 1.66. The van der Waals surface area contributed by atoms with Crippen molar-refractivity contribution in [1.82, 2.24) is 9.97 Å². The summed E-state index contributed by atoms with van der Waals surface area (Å²) in [7, 11) is 3.75. The molecule has 17 heavy (non-hydrogen) atoms. The van der Waals surface area contributed by atoms with Gasteiger partial charge in [-0.2, -0.15) is 4.98 Å². The zero-order valence-electron chi connectivity index (χ0n) is 10.1. The highest BCUT2D eigenvalue weighted by Gasteiger charge is 2.19. The minimum atomic E-state index is 0.282. The first-order chi connectivity index (χ1) is 8.20. The smallest absolute Gasteiger partial charge is 0.224 e. The van der Waals surface area contributed by atoms with Crippen LogP contribution in [0.4, 0.5) is 11.8 Å². The molecule has 1 aliphatic heterocycles. The molecule has 1 saturated heterocycles. The molecule has 0 aliphatic carbocycles. The predicted molar refractivity (Wildman–Crippen MR) is 68.8 cm³/mol. The van der Waals surface area contributed by atoms with E-state index >= 15 is 0 Å². The SMILES string of the molecule is CNc1ncc(Cl)c(N(C)CC2CCCO2)n1. The maximum Gasteiger partial charge on any atom is 0.224 e. The van der Waals surface area contributed by atoms with E-state index in [4.69, 9.17) is 16.3 Å². The molecule has 1 N–H and O–H groups in total. The van der Waals surface area contributed by atoms with Gasteiger partial charge in [-0.05, 0) is 12.8 Å². The van der Waals surface area contributed by atoms with E-state index in [-0.39, 0.29) is 6.10 Å². The first-order valence-electron chi connectivity index (χ1n) is 5.73. The Hall–Kier alpha value is -1.07.